The molecule has 0 aliphatic rings. The zero-order valence-electron chi connectivity index (χ0n) is 10.1. The van der Waals surface area contributed by atoms with Gasteiger partial charge in [-0.1, -0.05) is 0 Å². The second-order valence-electron chi connectivity index (χ2n) is 4.02. The topological polar surface area (TPSA) is 35.8 Å². The maximum absolute atomic E-state index is 12.5. The highest BCUT2D eigenvalue weighted by Gasteiger charge is 2.33. The quantitative estimate of drug-likeness (QED) is 0.663. The van der Waals surface area contributed by atoms with Crippen molar-refractivity contribution in [3.8, 4) is 6.07 Å². The molecule has 110 valence electrons. The van der Waals surface area contributed by atoms with Crippen LogP contribution in [0.3, 0.4) is 0 Å². The third-order valence-corrected chi connectivity index (χ3v) is 2.41. The van der Waals surface area contributed by atoms with Crippen molar-refractivity contribution in [3.05, 3.63) is 29.3 Å². The number of anilines is 1. The van der Waals surface area contributed by atoms with Crippen LogP contribution in [-0.2, 0) is 6.18 Å². The second kappa shape index (κ2) is 6.03. The molecule has 1 aromatic carbocycles. The van der Waals surface area contributed by atoms with Gasteiger partial charge in [-0.25, -0.2) is 0 Å². The molecule has 0 bridgehead atoms. The number of alkyl halides is 6. The van der Waals surface area contributed by atoms with Gasteiger partial charge in [0.1, 0.15) is 0 Å². The molecule has 0 heterocycles. The fraction of sp³-hybridized carbons (Fsp3) is 0.417. The minimum absolute atomic E-state index is 0.0459. The number of hydrogen-bond donors (Lipinski definition) is 1. The van der Waals surface area contributed by atoms with Crippen LogP contribution in [0.1, 0.15) is 24.0 Å². The molecule has 0 aliphatic carbocycles. The molecule has 0 unspecified atom stereocenters. The molecule has 0 atom stereocenters. The van der Waals surface area contributed by atoms with Crippen LogP contribution in [0, 0.1) is 11.3 Å². The standard InChI is InChI=1S/C12H10F6N2/c13-11(14,15)4-1-5-20-9-2-3-10(12(16,17)18)8(6-9)7-19/h2-3,6,20H,1,4-5H2. The lowest BCUT2D eigenvalue weighted by Gasteiger charge is -2.12. The molecular weight excluding hydrogens is 286 g/mol. The maximum Gasteiger partial charge on any atom is 0.417 e. The highest BCUT2D eigenvalue weighted by atomic mass is 19.4. The van der Waals surface area contributed by atoms with E-state index in [1.54, 1.807) is 0 Å². The van der Waals surface area contributed by atoms with Crippen LogP contribution >= 0.6 is 0 Å². The predicted molar refractivity (Wildman–Crippen MR) is 59.9 cm³/mol. The van der Waals surface area contributed by atoms with E-state index in [4.69, 9.17) is 5.26 Å². The van der Waals surface area contributed by atoms with Crippen molar-refractivity contribution in [1.82, 2.24) is 0 Å². The Hall–Kier alpha value is -1.91. The molecule has 0 aromatic heterocycles. The lowest BCUT2D eigenvalue weighted by atomic mass is 10.1. The lowest BCUT2D eigenvalue weighted by Crippen LogP contribution is -2.12. The van der Waals surface area contributed by atoms with E-state index >= 15 is 0 Å². The molecule has 0 saturated carbocycles. The van der Waals surface area contributed by atoms with Crippen LogP contribution in [-0.4, -0.2) is 12.7 Å². The van der Waals surface area contributed by atoms with Crippen molar-refractivity contribution in [2.24, 2.45) is 0 Å². The Morgan fingerprint density at radius 3 is 2.25 bits per heavy atom. The summed E-state index contributed by atoms with van der Waals surface area (Å²) in [5.74, 6) is 0. The van der Waals surface area contributed by atoms with Crippen LogP contribution in [0.5, 0.6) is 0 Å². The summed E-state index contributed by atoms with van der Waals surface area (Å²) in [6.07, 6.45) is -10.1. The van der Waals surface area contributed by atoms with Gasteiger partial charge in [-0.2, -0.15) is 31.6 Å². The van der Waals surface area contributed by atoms with Crippen LogP contribution in [0.4, 0.5) is 32.0 Å². The molecule has 0 fully saturated rings. The monoisotopic (exact) mass is 296 g/mol. The fourth-order valence-corrected chi connectivity index (χ4v) is 1.52. The van der Waals surface area contributed by atoms with E-state index < -0.39 is 29.9 Å². The summed E-state index contributed by atoms with van der Waals surface area (Å²) >= 11 is 0. The van der Waals surface area contributed by atoms with Gasteiger partial charge in [0.15, 0.2) is 0 Å². The summed E-state index contributed by atoms with van der Waals surface area (Å²) < 4.78 is 73.2. The molecule has 2 nitrogen and oxygen atoms in total. The number of nitrogens with one attached hydrogen (secondary N) is 1. The third-order valence-electron chi connectivity index (χ3n) is 2.41. The van der Waals surface area contributed by atoms with Crippen molar-refractivity contribution >= 4 is 5.69 Å². The van der Waals surface area contributed by atoms with Crippen molar-refractivity contribution < 1.29 is 26.3 Å². The Kier molecular flexibility index (Phi) is 4.87. The molecule has 1 aromatic rings. The van der Waals surface area contributed by atoms with Crippen molar-refractivity contribution in [3.63, 3.8) is 0 Å². The van der Waals surface area contributed by atoms with E-state index in [0.29, 0.717) is 0 Å². The fourth-order valence-electron chi connectivity index (χ4n) is 1.52. The molecule has 1 N–H and O–H groups in total. The average Bonchev–Trinajstić information content (AvgIpc) is 2.32. The average molecular weight is 296 g/mol. The van der Waals surface area contributed by atoms with Gasteiger partial charge in [-0.3, -0.25) is 0 Å². The predicted octanol–water partition coefficient (Wildman–Crippen LogP) is 4.33. The Bertz CT molecular complexity index is 498. The summed E-state index contributed by atoms with van der Waals surface area (Å²) in [4.78, 5) is 0. The zero-order valence-corrected chi connectivity index (χ0v) is 10.1. The first-order valence-electron chi connectivity index (χ1n) is 5.55. The van der Waals surface area contributed by atoms with Crippen molar-refractivity contribution in [1.29, 1.82) is 5.26 Å². The molecular formula is C12H10F6N2. The first-order valence-corrected chi connectivity index (χ1v) is 5.55. The van der Waals surface area contributed by atoms with Crippen molar-refractivity contribution in [2.45, 2.75) is 25.2 Å². The highest BCUT2D eigenvalue weighted by molar-refractivity contribution is 5.53. The van der Waals surface area contributed by atoms with Gasteiger partial charge in [-0.05, 0) is 24.6 Å². The Morgan fingerprint density at radius 1 is 1.10 bits per heavy atom. The maximum atomic E-state index is 12.5. The van der Waals surface area contributed by atoms with Crippen LogP contribution in [0.15, 0.2) is 18.2 Å². The second-order valence-corrected chi connectivity index (χ2v) is 4.02. The van der Waals surface area contributed by atoms with Gasteiger partial charge in [0.2, 0.25) is 0 Å². The summed E-state index contributed by atoms with van der Waals surface area (Å²) in [5.41, 5.74) is -1.46. The lowest BCUT2D eigenvalue weighted by molar-refractivity contribution is -0.138. The summed E-state index contributed by atoms with van der Waals surface area (Å²) in [6, 6.07) is 4.19. The Labute approximate surface area is 111 Å². The first-order chi connectivity index (χ1) is 9.13. The van der Waals surface area contributed by atoms with E-state index in [2.05, 4.69) is 5.32 Å². The van der Waals surface area contributed by atoms with Gasteiger partial charge in [0.25, 0.3) is 0 Å². The number of benzene rings is 1. The van der Waals surface area contributed by atoms with E-state index in [1.807, 2.05) is 0 Å². The normalized spacial score (nSPS) is 12.1. The summed E-state index contributed by atoms with van der Waals surface area (Å²) in [5, 5.41) is 11.2. The Balaban J connectivity index is 2.68. The number of rotatable bonds is 4. The largest absolute Gasteiger partial charge is 0.417 e. The molecule has 1 rings (SSSR count). The van der Waals surface area contributed by atoms with Crippen LogP contribution < -0.4 is 5.32 Å². The van der Waals surface area contributed by atoms with Crippen molar-refractivity contribution in [2.75, 3.05) is 11.9 Å². The van der Waals surface area contributed by atoms with Crippen LogP contribution in [0.25, 0.3) is 0 Å². The summed E-state index contributed by atoms with van der Waals surface area (Å²) in [6.45, 7) is -0.0459. The number of hydrogen-bond acceptors (Lipinski definition) is 2. The van der Waals surface area contributed by atoms with Gasteiger partial charge in [0.05, 0.1) is 17.2 Å². The number of halogens is 6. The van der Waals surface area contributed by atoms with Crippen LogP contribution in [0.2, 0.25) is 0 Å². The zero-order chi connectivity index (χ0) is 15.4. The third kappa shape index (κ3) is 4.99. The highest BCUT2D eigenvalue weighted by Crippen LogP contribution is 2.33. The smallest absolute Gasteiger partial charge is 0.385 e. The van der Waals surface area contributed by atoms with Gasteiger partial charge in [-0.15, -0.1) is 0 Å². The van der Waals surface area contributed by atoms with Gasteiger partial charge < -0.3 is 5.32 Å². The van der Waals surface area contributed by atoms with E-state index in [9.17, 15) is 26.3 Å². The molecule has 0 radical (unpaired) electrons. The van der Waals surface area contributed by atoms with Gasteiger partial charge >= 0.3 is 12.4 Å². The number of nitrogens with zero attached hydrogens (tertiary/aromatic N) is 1. The summed E-state index contributed by atoms with van der Waals surface area (Å²) in [7, 11) is 0. The molecule has 0 spiro atoms. The van der Waals surface area contributed by atoms with Gasteiger partial charge in [0, 0.05) is 18.7 Å². The van der Waals surface area contributed by atoms with E-state index in [0.717, 1.165) is 18.2 Å². The Morgan fingerprint density at radius 2 is 1.75 bits per heavy atom. The molecule has 0 saturated heterocycles. The molecule has 20 heavy (non-hydrogen) atoms. The molecule has 0 aliphatic heterocycles. The molecule has 0 amide bonds. The number of nitriles is 1. The minimum Gasteiger partial charge on any atom is -0.385 e. The molecule has 8 heteroatoms. The first kappa shape index (κ1) is 16.1. The SMILES string of the molecule is N#Cc1cc(NCCCC(F)(F)F)ccc1C(F)(F)F. The minimum atomic E-state index is -4.64. The van der Waals surface area contributed by atoms with E-state index in [-0.39, 0.29) is 18.7 Å². The van der Waals surface area contributed by atoms with E-state index in [1.165, 1.54) is 6.07 Å².